The zero-order chi connectivity index (χ0) is 16.1. The molecule has 3 N–H and O–H groups in total. The van der Waals surface area contributed by atoms with Crippen molar-refractivity contribution in [1.82, 2.24) is 5.32 Å². The van der Waals surface area contributed by atoms with Crippen molar-refractivity contribution in [3.05, 3.63) is 71.5 Å². The normalized spacial score (nSPS) is 14.9. The second-order valence-electron chi connectivity index (χ2n) is 5.11. The summed E-state index contributed by atoms with van der Waals surface area (Å²) in [5, 5.41) is 22.7. The number of hydrogen-bond donors (Lipinski definition) is 3. The largest absolute Gasteiger partial charge is 0.386 e. The highest BCUT2D eigenvalue weighted by Gasteiger charge is 2.23. The van der Waals surface area contributed by atoms with E-state index in [0.29, 0.717) is 11.1 Å². The Morgan fingerprint density at radius 3 is 2.18 bits per heavy atom. The molecule has 2 aromatic rings. The topological polar surface area (TPSA) is 69.6 Å². The van der Waals surface area contributed by atoms with Gasteiger partial charge in [-0.3, -0.25) is 4.79 Å². The molecule has 3 atom stereocenters. The minimum absolute atomic E-state index is 0.396. The van der Waals surface area contributed by atoms with E-state index in [1.807, 2.05) is 0 Å². The van der Waals surface area contributed by atoms with Gasteiger partial charge in [0.2, 0.25) is 0 Å². The molecule has 2 unspecified atom stereocenters. The molecule has 0 saturated heterocycles. The van der Waals surface area contributed by atoms with Crippen LogP contribution < -0.4 is 5.32 Å². The van der Waals surface area contributed by atoms with Crippen molar-refractivity contribution in [3.8, 4) is 0 Å². The first-order valence-electron chi connectivity index (χ1n) is 6.96. The summed E-state index contributed by atoms with van der Waals surface area (Å²) in [4.78, 5) is 12.0. The van der Waals surface area contributed by atoms with Crippen molar-refractivity contribution in [1.29, 1.82) is 0 Å². The summed E-state index contributed by atoms with van der Waals surface area (Å²) in [6.45, 7) is 1.61. The van der Waals surface area contributed by atoms with Crippen LogP contribution in [0.1, 0.15) is 30.3 Å². The Morgan fingerprint density at radius 1 is 1.00 bits per heavy atom. The van der Waals surface area contributed by atoms with E-state index in [0.717, 1.165) is 0 Å². The maximum atomic E-state index is 12.9. The van der Waals surface area contributed by atoms with E-state index < -0.39 is 30.0 Å². The molecule has 0 aliphatic rings. The molecule has 0 aromatic heterocycles. The minimum Gasteiger partial charge on any atom is -0.386 e. The number of nitrogens with one attached hydrogen (secondary N) is 1. The first-order valence-corrected chi connectivity index (χ1v) is 6.96. The molecular weight excluding hydrogens is 285 g/mol. The first-order chi connectivity index (χ1) is 10.5. The number of halogens is 1. The van der Waals surface area contributed by atoms with Gasteiger partial charge in [-0.05, 0) is 30.2 Å². The van der Waals surface area contributed by atoms with Gasteiger partial charge in [0.1, 0.15) is 5.82 Å². The summed E-state index contributed by atoms with van der Waals surface area (Å²) in [6.07, 6.45) is -2.29. The number of rotatable bonds is 5. The number of hydrogen-bond acceptors (Lipinski definition) is 3. The van der Waals surface area contributed by atoms with Crippen LogP contribution in [-0.4, -0.2) is 22.2 Å². The molecule has 4 nitrogen and oxygen atoms in total. The van der Waals surface area contributed by atoms with Crippen LogP contribution in [0.15, 0.2) is 54.6 Å². The van der Waals surface area contributed by atoms with Crippen LogP contribution in [0.5, 0.6) is 0 Å². The lowest BCUT2D eigenvalue weighted by molar-refractivity contribution is -0.131. The van der Waals surface area contributed by atoms with Crippen molar-refractivity contribution in [2.45, 2.75) is 25.2 Å². The van der Waals surface area contributed by atoms with Crippen LogP contribution in [0.25, 0.3) is 0 Å². The van der Waals surface area contributed by atoms with Crippen LogP contribution in [-0.2, 0) is 4.79 Å². The van der Waals surface area contributed by atoms with Gasteiger partial charge in [-0.1, -0.05) is 42.5 Å². The SMILES string of the molecule is CC(NC(=O)[C@@H](O)c1ccccc1)C(O)c1ccc(F)cc1. The Kier molecular flexibility index (Phi) is 5.25. The highest BCUT2D eigenvalue weighted by molar-refractivity contribution is 5.82. The van der Waals surface area contributed by atoms with Gasteiger partial charge >= 0.3 is 0 Å². The fourth-order valence-corrected chi connectivity index (χ4v) is 2.12. The monoisotopic (exact) mass is 303 g/mol. The second kappa shape index (κ2) is 7.15. The summed E-state index contributed by atoms with van der Waals surface area (Å²) in [5.41, 5.74) is 0.965. The van der Waals surface area contributed by atoms with E-state index >= 15 is 0 Å². The Morgan fingerprint density at radius 2 is 1.59 bits per heavy atom. The number of benzene rings is 2. The molecule has 22 heavy (non-hydrogen) atoms. The van der Waals surface area contributed by atoms with Crippen LogP contribution in [0.3, 0.4) is 0 Å². The third-order valence-electron chi connectivity index (χ3n) is 3.42. The summed E-state index contributed by atoms with van der Waals surface area (Å²) in [6, 6.07) is 13.3. The molecule has 1 amide bonds. The van der Waals surface area contributed by atoms with Crippen LogP contribution in [0.2, 0.25) is 0 Å². The number of carbonyl (C=O) groups excluding carboxylic acids is 1. The molecule has 0 saturated carbocycles. The number of aliphatic hydroxyl groups is 2. The third-order valence-corrected chi connectivity index (χ3v) is 3.42. The lowest BCUT2D eigenvalue weighted by atomic mass is 10.0. The molecular formula is C17H18FNO3. The number of amides is 1. The first kappa shape index (κ1) is 16.1. The molecule has 0 aliphatic carbocycles. The van der Waals surface area contributed by atoms with E-state index in [2.05, 4.69) is 5.32 Å². The Bertz CT molecular complexity index is 616. The maximum Gasteiger partial charge on any atom is 0.253 e. The second-order valence-corrected chi connectivity index (χ2v) is 5.11. The minimum atomic E-state index is -1.30. The Hall–Kier alpha value is -2.24. The van der Waals surface area contributed by atoms with Gasteiger partial charge in [-0.15, -0.1) is 0 Å². The summed E-state index contributed by atoms with van der Waals surface area (Å²) >= 11 is 0. The Balaban J connectivity index is 2.00. The van der Waals surface area contributed by atoms with E-state index in [9.17, 15) is 19.4 Å². The fourth-order valence-electron chi connectivity index (χ4n) is 2.12. The molecule has 0 aliphatic heterocycles. The van der Waals surface area contributed by atoms with E-state index in [1.54, 1.807) is 37.3 Å². The zero-order valence-electron chi connectivity index (χ0n) is 12.1. The number of carbonyl (C=O) groups is 1. The molecule has 0 bridgehead atoms. The predicted molar refractivity (Wildman–Crippen MR) is 80.4 cm³/mol. The molecule has 0 radical (unpaired) electrons. The van der Waals surface area contributed by atoms with Gasteiger partial charge in [-0.25, -0.2) is 4.39 Å². The summed E-state index contributed by atoms with van der Waals surface area (Å²) < 4.78 is 12.9. The summed E-state index contributed by atoms with van der Waals surface area (Å²) in [7, 11) is 0. The van der Waals surface area contributed by atoms with Gasteiger partial charge in [0, 0.05) is 0 Å². The Labute approximate surface area is 128 Å². The van der Waals surface area contributed by atoms with Gasteiger partial charge in [0.05, 0.1) is 12.1 Å². The van der Waals surface area contributed by atoms with Crippen molar-refractivity contribution in [2.24, 2.45) is 0 Å². The average Bonchev–Trinajstić information content (AvgIpc) is 2.54. The van der Waals surface area contributed by atoms with Crippen LogP contribution in [0, 0.1) is 5.82 Å². The van der Waals surface area contributed by atoms with E-state index in [4.69, 9.17) is 0 Å². The highest BCUT2D eigenvalue weighted by Crippen LogP contribution is 2.18. The molecule has 0 fully saturated rings. The van der Waals surface area contributed by atoms with Crippen molar-refractivity contribution < 1.29 is 19.4 Å². The van der Waals surface area contributed by atoms with Gasteiger partial charge < -0.3 is 15.5 Å². The third kappa shape index (κ3) is 3.90. The molecule has 2 rings (SSSR count). The molecule has 0 spiro atoms. The standard InChI is InChI=1S/C17H18FNO3/c1-11(15(20)13-7-9-14(18)10-8-13)19-17(22)16(21)12-5-3-2-4-6-12/h2-11,15-16,20-21H,1H3,(H,19,22)/t11?,15?,16-/m0/s1. The lowest BCUT2D eigenvalue weighted by Crippen LogP contribution is -2.39. The number of aliphatic hydroxyl groups excluding tert-OH is 2. The average molecular weight is 303 g/mol. The van der Waals surface area contributed by atoms with Gasteiger partial charge in [-0.2, -0.15) is 0 Å². The van der Waals surface area contributed by atoms with Gasteiger partial charge in [0.25, 0.3) is 5.91 Å². The predicted octanol–water partition coefficient (Wildman–Crippen LogP) is 2.10. The van der Waals surface area contributed by atoms with Crippen molar-refractivity contribution >= 4 is 5.91 Å². The molecule has 116 valence electrons. The molecule has 2 aromatic carbocycles. The van der Waals surface area contributed by atoms with Crippen LogP contribution in [0.4, 0.5) is 4.39 Å². The molecule has 0 heterocycles. The van der Waals surface area contributed by atoms with Crippen molar-refractivity contribution in [3.63, 3.8) is 0 Å². The zero-order valence-corrected chi connectivity index (χ0v) is 12.1. The van der Waals surface area contributed by atoms with E-state index in [1.165, 1.54) is 24.3 Å². The highest BCUT2D eigenvalue weighted by atomic mass is 19.1. The smallest absolute Gasteiger partial charge is 0.253 e. The van der Waals surface area contributed by atoms with Gasteiger partial charge in [0.15, 0.2) is 6.10 Å². The fraction of sp³-hybridized carbons (Fsp3) is 0.235. The quantitative estimate of drug-likeness (QED) is 0.792. The lowest BCUT2D eigenvalue weighted by Gasteiger charge is -2.22. The maximum absolute atomic E-state index is 12.9. The molecule has 5 heteroatoms. The van der Waals surface area contributed by atoms with Crippen molar-refractivity contribution in [2.75, 3.05) is 0 Å². The van der Waals surface area contributed by atoms with E-state index in [-0.39, 0.29) is 0 Å². The summed E-state index contributed by atoms with van der Waals surface area (Å²) in [5.74, 6) is -0.994. The van der Waals surface area contributed by atoms with Crippen LogP contribution >= 0.6 is 0 Å².